The second kappa shape index (κ2) is 7.01. The second-order valence-corrected chi connectivity index (χ2v) is 7.66. The molecule has 158 valence electrons. The van der Waals surface area contributed by atoms with Crippen molar-refractivity contribution in [2.45, 2.75) is 25.6 Å². The molecule has 1 aliphatic rings. The van der Waals surface area contributed by atoms with Crippen LogP contribution < -0.4 is 0 Å². The monoisotopic (exact) mass is 425 g/mol. The number of fused-ring (bicyclic) bond motifs is 3. The number of carbonyl (C=O) groups is 1. The quantitative estimate of drug-likeness (QED) is 0.476. The summed E-state index contributed by atoms with van der Waals surface area (Å²) < 4.78 is 45.3. The van der Waals surface area contributed by atoms with Crippen LogP contribution >= 0.6 is 0 Å². The predicted octanol–water partition coefficient (Wildman–Crippen LogP) is 5.27. The number of hydrogen-bond donors (Lipinski definition) is 1. The summed E-state index contributed by atoms with van der Waals surface area (Å²) in [6.07, 6.45) is -3.90. The molecule has 3 heterocycles. The van der Waals surface area contributed by atoms with Crippen molar-refractivity contribution in [3.8, 4) is 0 Å². The molecule has 0 spiro atoms. The first-order chi connectivity index (χ1) is 14.8. The lowest BCUT2D eigenvalue weighted by atomic mass is 9.91. The topological polar surface area (TPSA) is 62.1 Å². The van der Waals surface area contributed by atoms with Crippen molar-refractivity contribution < 1.29 is 22.5 Å². The lowest BCUT2D eigenvalue weighted by molar-refractivity contribution is -0.137. The van der Waals surface area contributed by atoms with E-state index in [0.717, 1.165) is 34.3 Å². The Bertz CT molecular complexity index is 1290. The zero-order valence-corrected chi connectivity index (χ0v) is 16.5. The molecule has 0 fully saturated rings. The minimum atomic E-state index is -4.48. The molecule has 2 aromatic heterocycles. The minimum absolute atomic E-state index is 0.133. The average molecular weight is 425 g/mol. The highest BCUT2D eigenvalue weighted by Gasteiger charge is 2.37. The van der Waals surface area contributed by atoms with Crippen LogP contribution in [-0.4, -0.2) is 27.5 Å². The van der Waals surface area contributed by atoms with Gasteiger partial charge in [-0.05, 0) is 42.7 Å². The van der Waals surface area contributed by atoms with Crippen molar-refractivity contribution in [2.24, 2.45) is 0 Å². The average Bonchev–Trinajstić information content (AvgIpc) is 3.35. The molecule has 1 atom stereocenters. The van der Waals surface area contributed by atoms with Crippen molar-refractivity contribution in [1.82, 2.24) is 15.0 Å². The Kier molecular flexibility index (Phi) is 4.39. The Morgan fingerprint density at radius 1 is 1.16 bits per heavy atom. The first kappa shape index (κ1) is 19.4. The Labute approximate surface area is 175 Å². The van der Waals surface area contributed by atoms with Gasteiger partial charge in [0.25, 0.3) is 5.91 Å². The third kappa shape index (κ3) is 3.28. The van der Waals surface area contributed by atoms with Crippen LogP contribution in [0.15, 0.2) is 59.1 Å². The molecule has 1 unspecified atom stereocenters. The fourth-order valence-corrected chi connectivity index (χ4v) is 4.31. The largest absolute Gasteiger partial charge is 0.416 e. The van der Waals surface area contributed by atoms with Gasteiger partial charge in [-0.25, -0.2) is 0 Å². The second-order valence-electron chi connectivity index (χ2n) is 7.66. The van der Waals surface area contributed by atoms with Crippen LogP contribution in [0.1, 0.15) is 44.7 Å². The van der Waals surface area contributed by atoms with Gasteiger partial charge in [-0.2, -0.15) is 13.2 Å². The maximum atomic E-state index is 13.4. The molecular formula is C23H18F3N3O2. The van der Waals surface area contributed by atoms with Crippen LogP contribution in [0.5, 0.6) is 0 Å². The van der Waals surface area contributed by atoms with E-state index in [1.54, 1.807) is 17.9 Å². The summed E-state index contributed by atoms with van der Waals surface area (Å²) in [5.41, 5.74) is 2.39. The standard InChI is InChI=1S/C23H18F3N3O2/c1-13-11-19(28-31-13)22(30)29-10-9-17-16-7-2-3-8-18(16)27-20(17)21(29)14-5-4-6-15(12-14)23(24,25)26/h2-8,11-12,21,27H,9-10H2,1H3. The molecule has 0 bridgehead atoms. The van der Waals surface area contributed by atoms with Gasteiger partial charge >= 0.3 is 6.18 Å². The molecule has 8 heteroatoms. The van der Waals surface area contributed by atoms with E-state index in [9.17, 15) is 18.0 Å². The lowest BCUT2D eigenvalue weighted by Crippen LogP contribution is -2.40. The van der Waals surface area contributed by atoms with Crippen molar-refractivity contribution in [3.63, 3.8) is 0 Å². The highest BCUT2D eigenvalue weighted by molar-refractivity contribution is 5.94. The van der Waals surface area contributed by atoms with E-state index in [0.29, 0.717) is 24.3 Å². The summed E-state index contributed by atoms with van der Waals surface area (Å²) in [5.74, 6) is 0.103. The number of H-pyrrole nitrogens is 1. The molecule has 2 aromatic carbocycles. The zero-order chi connectivity index (χ0) is 21.8. The van der Waals surface area contributed by atoms with E-state index < -0.39 is 17.8 Å². The number of aromatic nitrogens is 2. The summed E-state index contributed by atoms with van der Waals surface area (Å²) in [4.78, 5) is 18.2. The van der Waals surface area contributed by atoms with Gasteiger partial charge < -0.3 is 14.4 Å². The van der Waals surface area contributed by atoms with E-state index in [4.69, 9.17) is 4.52 Å². The minimum Gasteiger partial charge on any atom is -0.361 e. The van der Waals surface area contributed by atoms with E-state index in [-0.39, 0.29) is 11.6 Å². The van der Waals surface area contributed by atoms with Gasteiger partial charge in [0.05, 0.1) is 11.6 Å². The number of halogens is 3. The van der Waals surface area contributed by atoms with Crippen LogP contribution in [-0.2, 0) is 12.6 Å². The maximum Gasteiger partial charge on any atom is 0.416 e. The highest BCUT2D eigenvalue weighted by atomic mass is 19.4. The van der Waals surface area contributed by atoms with Gasteiger partial charge in [0.15, 0.2) is 5.69 Å². The first-order valence-corrected chi connectivity index (χ1v) is 9.84. The number of amides is 1. The van der Waals surface area contributed by atoms with E-state index in [1.165, 1.54) is 12.1 Å². The van der Waals surface area contributed by atoms with Gasteiger partial charge in [0.2, 0.25) is 0 Å². The van der Waals surface area contributed by atoms with Gasteiger partial charge in [-0.1, -0.05) is 35.5 Å². The lowest BCUT2D eigenvalue weighted by Gasteiger charge is -2.36. The number of rotatable bonds is 2. The normalized spacial score (nSPS) is 16.5. The summed E-state index contributed by atoms with van der Waals surface area (Å²) >= 11 is 0. The molecular weight excluding hydrogens is 407 g/mol. The van der Waals surface area contributed by atoms with Gasteiger partial charge in [-0.15, -0.1) is 0 Å². The molecule has 4 aromatic rings. The molecule has 1 amide bonds. The molecule has 1 N–H and O–H groups in total. The molecule has 31 heavy (non-hydrogen) atoms. The van der Waals surface area contributed by atoms with Crippen LogP contribution in [0.3, 0.4) is 0 Å². The van der Waals surface area contributed by atoms with Crippen LogP contribution in [0.2, 0.25) is 0 Å². The number of aromatic amines is 1. The van der Waals surface area contributed by atoms with Gasteiger partial charge in [-0.3, -0.25) is 4.79 Å². The Hall–Kier alpha value is -3.55. The Morgan fingerprint density at radius 3 is 2.71 bits per heavy atom. The highest BCUT2D eigenvalue weighted by Crippen LogP contribution is 2.40. The Balaban J connectivity index is 1.68. The fourth-order valence-electron chi connectivity index (χ4n) is 4.31. The van der Waals surface area contributed by atoms with Crippen LogP contribution in [0.4, 0.5) is 13.2 Å². The predicted molar refractivity (Wildman–Crippen MR) is 108 cm³/mol. The third-order valence-electron chi connectivity index (χ3n) is 5.67. The van der Waals surface area contributed by atoms with Crippen molar-refractivity contribution in [3.05, 3.63) is 88.4 Å². The van der Waals surface area contributed by atoms with E-state index >= 15 is 0 Å². The van der Waals surface area contributed by atoms with Crippen molar-refractivity contribution in [1.29, 1.82) is 0 Å². The van der Waals surface area contributed by atoms with Crippen LogP contribution in [0.25, 0.3) is 10.9 Å². The van der Waals surface area contributed by atoms with Crippen molar-refractivity contribution in [2.75, 3.05) is 6.54 Å². The number of alkyl halides is 3. The molecule has 0 saturated heterocycles. The van der Waals surface area contributed by atoms with E-state index in [1.807, 2.05) is 24.3 Å². The zero-order valence-electron chi connectivity index (χ0n) is 16.5. The molecule has 5 rings (SSSR count). The smallest absolute Gasteiger partial charge is 0.361 e. The number of para-hydroxylation sites is 1. The maximum absolute atomic E-state index is 13.4. The fraction of sp³-hybridized carbons (Fsp3) is 0.217. The molecule has 0 saturated carbocycles. The first-order valence-electron chi connectivity index (χ1n) is 9.84. The molecule has 5 nitrogen and oxygen atoms in total. The van der Waals surface area contributed by atoms with Gasteiger partial charge in [0.1, 0.15) is 5.76 Å². The number of hydrogen-bond acceptors (Lipinski definition) is 3. The number of nitrogens with zero attached hydrogens (tertiary/aromatic N) is 2. The van der Waals surface area contributed by atoms with Crippen LogP contribution in [0, 0.1) is 6.92 Å². The number of benzene rings is 2. The number of nitrogens with one attached hydrogen (secondary N) is 1. The summed E-state index contributed by atoms with van der Waals surface area (Å²) in [5, 5.41) is 4.83. The summed E-state index contributed by atoms with van der Waals surface area (Å²) in [7, 11) is 0. The summed E-state index contributed by atoms with van der Waals surface area (Å²) in [6, 6.07) is 13.7. The van der Waals surface area contributed by atoms with Crippen molar-refractivity contribution >= 4 is 16.8 Å². The SMILES string of the molecule is Cc1cc(C(=O)N2CCc3c([nH]c4ccccc34)C2c2cccc(C(F)(F)F)c2)no1. The molecule has 1 aliphatic heterocycles. The Morgan fingerprint density at radius 2 is 1.97 bits per heavy atom. The molecule has 0 aliphatic carbocycles. The summed E-state index contributed by atoms with van der Waals surface area (Å²) in [6.45, 7) is 2.03. The molecule has 0 radical (unpaired) electrons. The van der Waals surface area contributed by atoms with E-state index in [2.05, 4.69) is 10.1 Å². The van der Waals surface area contributed by atoms with Gasteiger partial charge in [0, 0.05) is 29.2 Å². The number of carbonyl (C=O) groups excluding carboxylic acids is 1. The third-order valence-corrected chi connectivity index (χ3v) is 5.67. The number of aryl methyl sites for hydroxylation is 1.